The van der Waals surface area contributed by atoms with Gasteiger partial charge in [-0.05, 0) is 45.2 Å². The molecule has 0 aromatic heterocycles. The highest BCUT2D eigenvalue weighted by Gasteiger charge is 2.25. The number of guanidine groups is 1. The third kappa shape index (κ3) is 2.78. The van der Waals surface area contributed by atoms with Crippen LogP contribution in [0.4, 0.5) is 5.69 Å². The number of rotatable bonds is 1. The average Bonchev–Trinajstić information content (AvgIpc) is 2.30. The Kier molecular flexibility index (Phi) is 3.67. The average molecular weight is 231 g/mol. The summed E-state index contributed by atoms with van der Waals surface area (Å²) in [5.74, 6) is 0.649. The summed E-state index contributed by atoms with van der Waals surface area (Å²) in [6.45, 7) is 4.45. The van der Waals surface area contributed by atoms with Gasteiger partial charge in [-0.15, -0.1) is 0 Å². The van der Waals surface area contributed by atoms with Crippen LogP contribution in [0, 0.1) is 0 Å². The van der Waals surface area contributed by atoms with Crippen LogP contribution in [0.2, 0.25) is 0 Å². The first-order valence-corrected chi connectivity index (χ1v) is 6.36. The van der Waals surface area contributed by atoms with Crippen molar-refractivity contribution in [2.75, 3.05) is 0 Å². The molecule has 2 atom stereocenters. The zero-order valence-corrected chi connectivity index (χ0v) is 10.6. The largest absolute Gasteiger partial charge is 0.369 e. The van der Waals surface area contributed by atoms with Crippen molar-refractivity contribution in [1.29, 1.82) is 0 Å². The summed E-state index contributed by atoms with van der Waals surface area (Å²) in [5.41, 5.74) is 7.06. The molecule has 0 amide bonds. The Labute approximate surface area is 103 Å². The molecule has 0 saturated carbocycles. The normalized spacial score (nSPS) is 26.0. The van der Waals surface area contributed by atoms with E-state index in [0.29, 0.717) is 18.0 Å². The Morgan fingerprint density at radius 2 is 1.76 bits per heavy atom. The number of aliphatic imine (C=N–C) groups is 1. The molecule has 0 unspecified atom stereocenters. The van der Waals surface area contributed by atoms with Gasteiger partial charge in [0, 0.05) is 12.1 Å². The number of nitrogens with two attached hydrogens (primary N) is 1. The van der Waals surface area contributed by atoms with Gasteiger partial charge in [0.05, 0.1) is 5.69 Å². The summed E-state index contributed by atoms with van der Waals surface area (Å²) in [6, 6.07) is 10.9. The van der Waals surface area contributed by atoms with E-state index in [1.165, 1.54) is 19.3 Å². The van der Waals surface area contributed by atoms with E-state index in [0.717, 1.165) is 5.69 Å². The summed E-state index contributed by atoms with van der Waals surface area (Å²) in [6.07, 6.45) is 3.70. The summed E-state index contributed by atoms with van der Waals surface area (Å²) in [4.78, 5) is 6.75. The Morgan fingerprint density at radius 1 is 1.18 bits per heavy atom. The van der Waals surface area contributed by atoms with Crippen molar-refractivity contribution in [1.82, 2.24) is 4.90 Å². The van der Waals surface area contributed by atoms with Crippen molar-refractivity contribution in [3.05, 3.63) is 30.3 Å². The highest BCUT2D eigenvalue weighted by Crippen LogP contribution is 2.23. The van der Waals surface area contributed by atoms with Crippen molar-refractivity contribution in [2.45, 2.75) is 45.2 Å². The molecule has 0 bridgehead atoms. The maximum absolute atomic E-state index is 6.14. The van der Waals surface area contributed by atoms with Gasteiger partial charge in [0.15, 0.2) is 5.96 Å². The first-order chi connectivity index (χ1) is 8.18. The van der Waals surface area contributed by atoms with Crippen molar-refractivity contribution >= 4 is 11.6 Å². The van der Waals surface area contributed by atoms with Crippen LogP contribution in [0.15, 0.2) is 35.3 Å². The van der Waals surface area contributed by atoms with Crippen LogP contribution in [-0.4, -0.2) is 22.9 Å². The fourth-order valence-electron chi connectivity index (χ4n) is 2.57. The second kappa shape index (κ2) is 5.21. The van der Waals surface area contributed by atoms with Crippen molar-refractivity contribution < 1.29 is 0 Å². The maximum Gasteiger partial charge on any atom is 0.196 e. The Hall–Kier alpha value is -1.51. The molecule has 1 aliphatic rings. The van der Waals surface area contributed by atoms with Gasteiger partial charge in [0.25, 0.3) is 0 Å². The van der Waals surface area contributed by atoms with Crippen molar-refractivity contribution in [3.8, 4) is 0 Å². The molecule has 3 heteroatoms. The van der Waals surface area contributed by atoms with Crippen LogP contribution in [-0.2, 0) is 0 Å². The first kappa shape index (κ1) is 12.0. The molecule has 1 aromatic carbocycles. The first-order valence-electron chi connectivity index (χ1n) is 6.36. The van der Waals surface area contributed by atoms with E-state index in [1.807, 2.05) is 30.3 Å². The molecule has 3 nitrogen and oxygen atoms in total. The molecule has 0 radical (unpaired) electrons. The van der Waals surface area contributed by atoms with Gasteiger partial charge < -0.3 is 10.6 Å². The van der Waals surface area contributed by atoms with E-state index in [4.69, 9.17) is 5.73 Å². The number of hydrogen-bond acceptors (Lipinski definition) is 1. The number of benzene rings is 1. The van der Waals surface area contributed by atoms with Crippen LogP contribution in [0.5, 0.6) is 0 Å². The Bertz CT molecular complexity index is 376. The molecule has 1 fully saturated rings. The summed E-state index contributed by atoms with van der Waals surface area (Å²) < 4.78 is 0. The quantitative estimate of drug-likeness (QED) is 0.596. The van der Waals surface area contributed by atoms with Crippen LogP contribution in [0.25, 0.3) is 0 Å². The van der Waals surface area contributed by atoms with Gasteiger partial charge in [-0.3, -0.25) is 0 Å². The zero-order valence-electron chi connectivity index (χ0n) is 10.6. The lowest BCUT2D eigenvalue weighted by molar-refractivity contribution is 0.189. The van der Waals surface area contributed by atoms with E-state index in [1.54, 1.807) is 0 Å². The molecule has 2 rings (SSSR count). The number of hydrogen-bond donors (Lipinski definition) is 1. The number of likely N-dealkylation sites (tertiary alicyclic amines) is 1. The monoisotopic (exact) mass is 231 g/mol. The Morgan fingerprint density at radius 3 is 2.35 bits per heavy atom. The van der Waals surface area contributed by atoms with E-state index in [9.17, 15) is 0 Å². The van der Waals surface area contributed by atoms with E-state index in [-0.39, 0.29) is 0 Å². The van der Waals surface area contributed by atoms with Gasteiger partial charge >= 0.3 is 0 Å². The molecule has 1 heterocycles. The zero-order chi connectivity index (χ0) is 12.3. The highest BCUT2D eigenvalue weighted by molar-refractivity contribution is 5.81. The molecular weight excluding hydrogens is 210 g/mol. The lowest BCUT2D eigenvalue weighted by Gasteiger charge is -2.39. The molecular formula is C14H21N3. The lowest BCUT2D eigenvalue weighted by Crippen LogP contribution is -2.50. The summed E-state index contributed by atoms with van der Waals surface area (Å²) in [5, 5.41) is 0. The number of piperidine rings is 1. The standard InChI is InChI=1S/C14H21N3/c1-11-7-6-8-12(2)17(11)14(15)16-13-9-4-3-5-10-13/h3-5,9-12H,6-8H2,1-2H3,(H2,15,16)/t11-,12+. The lowest BCUT2D eigenvalue weighted by atomic mass is 9.98. The van der Waals surface area contributed by atoms with Crippen molar-refractivity contribution in [3.63, 3.8) is 0 Å². The van der Waals surface area contributed by atoms with E-state index >= 15 is 0 Å². The van der Waals surface area contributed by atoms with Gasteiger partial charge in [0.1, 0.15) is 0 Å². The molecule has 1 aromatic rings. The minimum absolute atomic E-state index is 0.492. The van der Waals surface area contributed by atoms with Crippen molar-refractivity contribution in [2.24, 2.45) is 10.7 Å². The predicted octanol–water partition coefficient (Wildman–Crippen LogP) is 2.90. The van der Waals surface area contributed by atoms with Crippen LogP contribution < -0.4 is 5.73 Å². The molecule has 1 aliphatic heterocycles. The fraction of sp³-hybridized carbons (Fsp3) is 0.500. The number of para-hydroxylation sites is 1. The highest BCUT2D eigenvalue weighted by atomic mass is 15.3. The van der Waals surface area contributed by atoms with Gasteiger partial charge in [0.2, 0.25) is 0 Å². The minimum Gasteiger partial charge on any atom is -0.369 e. The minimum atomic E-state index is 0.492. The van der Waals surface area contributed by atoms with E-state index < -0.39 is 0 Å². The maximum atomic E-state index is 6.14. The smallest absolute Gasteiger partial charge is 0.196 e. The fourth-order valence-corrected chi connectivity index (χ4v) is 2.57. The van der Waals surface area contributed by atoms with Crippen LogP contribution in [0.3, 0.4) is 0 Å². The predicted molar refractivity (Wildman–Crippen MR) is 72.3 cm³/mol. The van der Waals surface area contributed by atoms with Crippen LogP contribution in [0.1, 0.15) is 33.1 Å². The molecule has 0 spiro atoms. The van der Waals surface area contributed by atoms with Crippen LogP contribution >= 0.6 is 0 Å². The van der Waals surface area contributed by atoms with Gasteiger partial charge in [-0.2, -0.15) is 0 Å². The summed E-state index contributed by atoms with van der Waals surface area (Å²) >= 11 is 0. The second-order valence-corrected chi connectivity index (χ2v) is 4.84. The molecule has 1 saturated heterocycles. The molecule has 17 heavy (non-hydrogen) atoms. The molecule has 2 N–H and O–H groups in total. The SMILES string of the molecule is C[C@@H]1CCC[C@H](C)N1C(N)=Nc1ccccc1. The third-order valence-corrected chi connectivity index (χ3v) is 3.46. The molecule has 92 valence electrons. The third-order valence-electron chi connectivity index (χ3n) is 3.46. The molecule has 0 aliphatic carbocycles. The van der Waals surface area contributed by atoms with Gasteiger partial charge in [-0.25, -0.2) is 4.99 Å². The van der Waals surface area contributed by atoms with E-state index in [2.05, 4.69) is 23.7 Å². The Balaban J connectivity index is 2.18. The number of nitrogens with zero attached hydrogens (tertiary/aromatic N) is 2. The topological polar surface area (TPSA) is 41.6 Å². The van der Waals surface area contributed by atoms with Gasteiger partial charge in [-0.1, -0.05) is 18.2 Å². The second-order valence-electron chi connectivity index (χ2n) is 4.84. The summed E-state index contributed by atoms with van der Waals surface area (Å²) in [7, 11) is 0.